The third kappa shape index (κ3) is 3.26. The second-order valence-electron chi connectivity index (χ2n) is 6.88. The predicted molar refractivity (Wildman–Crippen MR) is 104 cm³/mol. The van der Waals surface area contributed by atoms with Gasteiger partial charge in [0.25, 0.3) is 0 Å². The minimum Gasteiger partial charge on any atom is -0.507 e. The van der Waals surface area contributed by atoms with Crippen LogP contribution in [0.25, 0.3) is 10.8 Å². The number of phenols is 1. The molecule has 0 saturated carbocycles. The lowest BCUT2D eigenvalue weighted by atomic mass is 9.98. The van der Waals surface area contributed by atoms with E-state index in [0.29, 0.717) is 6.54 Å². The van der Waals surface area contributed by atoms with Crippen molar-refractivity contribution in [3.8, 4) is 5.75 Å². The van der Waals surface area contributed by atoms with Gasteiger partial charge in [-0.15, -0.1) is 0 Å². The molecule has 0 aliphatic carbocycles. The Morgan fingerprint density at radius 2 is 2.15 bits per heavy atom. The highest BCUT2D eigenvalue weighted by molar-refractivity contribution is 6.00. The molecule has 1 aromatic heterocycles. The number of esters is 1. The van der Waals surface area contributed by atoms with E-state index in [-0.39, 0.29) is 17.4 Å². The normalized spacial score (nSPS) is 17.3. The SMILES string of the molecule is COC(=O)c1cc2ccccc2c(CN2CCC[C@H]2c2cccnc2)c1O. The molecule has 0 amide bonds. The van der Waals surface area contributed by atoms with E-state index < -0.39 is 5.97 Å². The number of hydrogen-bond donors (Lipinski definition) is 1. The molecule has 2 heterocycles. The molecule has 0 spiro atoms. The molecular formula is C22H22N2O3. The van der Waals surface area contributed by atoms with Gasteiger partial charge in [-0.1, -0.05) is 30.3 Å². The van der Waals surface area contributed by atoms with E-state index in [1.165, 1.54) is 12.7 Å². The summed E-state index contributed by atoms with van der Waals surface area (Å²) in [4.78, 5) is 18.7. The zero-order valence-corrected chi connectivity index (χ0v) is 15.3. The molecular weight excluding hydrogens is 340 g/mol. The second kappa shape index (κ2) is 7.37. The Hall–Kier alpha value is -2.92. The van der Waals surface area contributed by atoms with Gasteiger partial charge >= 0.3 is 5.97 Å². The van der Waals surface area contributed by atoms with Crippen LogP contribution in [0.1, 0.15) is 40.4 Å². The Kier molecular flexibility index (Phi) is 4.77. The average molecular weight is 362 g/mol. The summed E-state index contributed by atoms with van der Waals surface area (Å²) in [5, 5.41) is 12.7. The van der Waals surface area contributed by atoms with Crippen LogP contribution in [0.4, 0.5) is 0 Å². The van der Waals surface area contributed by atoms with Crippen LogP contribution in [0.15, 0.2) is 54.9 Å². The number of carbonyl (C=O) groups excluding carboxylic acids is 1. The number of carbonyl (C=O) groups is 1. The number of phenolic OH excluding ortho intramolecular Hbond substituents is 1. The topological polar surface area (TPSA) is 62.7 Å². The van der Waals surface area contributed by atoms with E-state index in [1.807, 2.05) is 36.5 Å². The molecule has 0 radical (unpaired) electrons. The Bertz CT molecular complexity index is 972. The minimum absolute atomic E-state index is 0.0115. The summed E-state index contributed by atoms with van der Waals surface area (Å²) < 4.78 is 4.86. The summed E-state index contributed by atoms with van der Waals surface area (Å²) in [7, 11) is 1.33. The molecule has 1 aliphatic heterocycles. The number of ether oxygens (including phenoxy) is 1. The van der Waals surface area contributed by atoms with Gasteiger partial charge in [-0.25, -0.2) is 4.79 Å². The Morgan fingerprint density at radius 1 is 1.30 bits per heavy atom. The van der Waals surface area contributed by atoms with Crippen molar-refractivity contribution in [1.29, 1.82) is 0 Å². The molecule has 2 aromatic carbocycles. The largest absolute Gasteiger partial charge is 0.507 e. The molecule has 27 heavy (non-hydrogen) atoms. The average Bonchev–Trinajstić information content (AvgIpc) is 3.18. The van der Waals surface area contributed by atoms with Crippen LogP contribution in [0.5, 0.6) is 5.75 Å². The van der Waals surface area contributed by atoms with Crippen LogP contribution in [0, 0.1) is 0 Å². The quantitative estimate of drug-likeness (QED) is 0.709. The summed E-state index contributed by atoms with van der Waals surface area (Å²) in [5.74, 6) is -0.512. The lowest BCUT2D eigenvalue weighted by Crippen LogP contribution is -2.23. The first kappa shape index (κ1) is 17.5. The molecule has 0 unspecified atom stereocenters. The zero-order valence-electron chi connectivity index (χ0n) is 15.3. The van der Waals surface area contributed by atoms with Gasteiger partial charge in [0, 0.05) is 30.5 Å². The minimum atomic E-state index is -0.523. The lowest BCUT2D eigenvalue weighted by molar-refractivity contribution is 0.0597. The van der Waals surface area contributed by atoms with Gasteiger partial charge in [0.2, 0.25) is 0 Å². The maximum atomic E-state index is 12.1. The Labute approximate surface area is 158 Å². The highest BCUT2D eigenvalue weighted by atomic mass is 16.5. The zero-order chi connectivity index (χ0) is 18.8. The van der Waals surface area contributed by atoms with Crippen LogP contribution in [-0.2, 0) is 11.3 Å². The van der Waals surface area contributed by atoms with Gasteiger partial charge in [0.15, 0.2) is 0 Å². The first-order chi connectivity index (χ1) is 13.2. The van der Waals surface area contributed by atoms with E-state index in [1.54, 1.807) is 12.3 Å². The number of methoxy groups -OCH3 is 1. The third-order valence-electron chi connectivity index (χ3n) is 5.33. The Morgan fingerprint density at radius 3 is 2.93 bits per heavy atom. The molecule has 0 bridgehead atoms. The van der Waals surface area contributed by atoms with E-state index >= 15 is 0 Å². The molecule has 1 N–H and O–H groups in total. The van der Waals surface area contributed by atoms with E-state index in [2.05, 4.69) is 16.0 Å². The van der Waals surface area contributed by atoms with E-state index in [4.69, 9.17) is 4.74 Å². The molecule has 1 fully saturated rings. The summed E-state index contributed by atoms with van der Waals surface area (Å²) in [6, 6.07) is 13.8. The van der Waals surface area contributed by atoms with Crippen molar-refractivity contribution in [2.24, 2.45) is 0 Å². The maximum Gasteiger partial charge on any atom is 0.341 e. The summed E-state index contributed by atoms with van der Waals surface area (Å²) in [6.07, 6.45) is 5.84. The number of hydrogen-bond acceptors (Lipinski definition) is 5. The lowest BCUT2D eigenvalue weighted by Gasteiger charge is -2.26. The molecule has 5 heteroatoms. The number of pyridine rings is 1. The monoisotopic (exact) mass is 362 g/mol. The van der Waals surface area contributed by atoms with Gasteiger partial charge in [0.1, 0.15) is 11.3 Å². The van der Waals surface area contributed by atoms with Crippen molar-refractivity contribution >= 4 is 16.7 Å². The molecule has 3 aromatic rings. The van der Waals surface area contributed by atoms with Crippen LogP contribution in [0.2, 0.25) is 0 Å². The molecule has 4 rings (SSSR count). The van der Waals surface area contributed by atoms with Crippen LogP contribution in [-0.4, -0.2) is 34.6 Å². The smallest absolute Gasteiger partial charge is 0.341 e. The first-order valence-electron chi connectivity index (χ1n) is 9.15. The van der Waals surface area contributed by atoms with Gasteiger partial charge in [-0.05, 0) is 47.9 Å². The number of aromatic nitrogens is 1. The first-order valence-corrected chi connectivity index (χ1v) is 9.15. The molecule has 1 saturated heterocycles. The van der Waals surface area contributed by atoms with Gasteiger partial charge in [0.05, 0.1) is 7.11 Å². The van der Waals surface area contributed by atoms with Crippen LogP contribution >= 0.6 is 0 Å². The van der Waals surface area contributed by atoms with Gasteiger partial charge < -0.3 is 9.84 Å². The highest BCUT2D eigenvalue weighted by Gasteiger charge is 2.28. The fourth-order valence-electron chi connectivity index (χ4n) is 4.01. The third-order valence-corrected chi connectivity index (χ3v) is 5.33. The van der Waals surface area contributed by atoms with Crippen LogP contribution < -0.4 is 0 Å². The van der Waals surface area contributed by atoms with Crippen molar-refractivity contribution in [2.75, 3.05) is 13.7 Å². The van der Waals surface area contributed by atoms with Gasteiger partial charge in [-0.2, -0.15) is 0 Å². The maximum absolute atomic E-state index is 12.1. The summed E-state index contributed by atoms with van der Waals surface area (Å²) >= 11 is 0. The van der Waals surface area contributed by atoms with Gasteiger partial charge in [-0.3, -0.25) is 9.88 Å². The van der Waals surface area contributed by atoms with Crippen LogP contribution in [0.3, 0.4) is 0 Å². The number of benzene rings is 2. The molecule has 1 atom stereocenters. The molecule has 138 valence electrons. The van der Waals surface area contributed by atoms with Crippen molar-refractivity contribution < 1.29 is 14.6 Å². The Balaban J connectivity index is 1.77. The summed E-state index contributed by atoms with van der Waals surface area (Å²) in [6.45, 7) is 1.51. The fourth-order valence-corrected chi connectivity index (χ4v) is 4.01. The number of aromatic hydroxyl groups is 1. The van der Waals surface area contributed by atoms with E-state index in [0.717, 1.165) is 35.7 Å². The molecule has 1 aliphatic rings. The second-order valence-corrected chi connectivity index (χ2v) is 6.88. The molecule has 5 nitrogen and oxygen atoms in total. The predicted octanol–water partition coefficient (Wildman–Crippen LogP) is 4.06. The van der Waals surface area contributed by atoms with Crippen molar-refractivity contribution in [1.82, 2.24) is 9.88 Å². The van der Waals surface area contributed by atoms with Crippen molar-refractivity contribution in [2.45, 2.75) is 25.4 Å². The highest BCUT2D eigenvalue weighted by Crippen LogP contribution is 2.38. The number of rotatable bonds is 4. The number of nitrogens with zero attached hydrogens (tertiary/aromatic N) is 2. The fraction of sp³-hybridized carbons (Fsp3) is 0.273. The van der Waals surface area contributed by atoms with Crippen molar-refractivity contribution in [3.63, 3.8) is 0 Å². The summed E-state index contributed by atoms with van der Waals surface area (Å²) in [5.41, 5.74) is 2.16. The number of likely N-dealkylation sites (tertiary alicyclic amines) is 1. The standard InChI is InChI=1S/C22H22N2O3/c1-27-22(26)18-12-15-6-2-3-8-17(15)19(21(18)25)14-24-11-5-9-20(24)16-7-4-10-23-13-16/h2-4,6-8,10,12-13,20,25H,5,9,11,14H2,1H3/t20-/m0/s1. The van der Waals surface area contributed by atoms with Crippen molar-refractivity contribution in [3.05, 3.63) is 71.5 Å². The number of fused-ring (bicyclic) bond motifs is 1. The van der Waals surface area contributed by atoms with E-state index in [9.17, 15) is 9.90 Å².